The molecule has 0 bridgehead atoms. The van der Waals surface area contributed by atoms with Gasteiger partial charge in [0, 0.05) is 18.3 Å². The maximum Gasteiger partial charge on any atom is 0.273 e. The van der Waals surface area contributed by atoms with Gasteiger partial charge in [0.15, 0.2) is 5.78 Å². The molecule has 1 heterocycles. The van der Waals surface area contributed by atoms with E-state index in [2.05, 4.69) is 10.4 Å². The molecule has 0 radical (unpaired) electrons. The minimum atomic E-state index is -0.236. The van der Waals surface area contributed by atoms with Crippen LogP contribution in [-0.4, -0.2) is 21.5 Å². The second-order valence-corrected chi connectivity index (χ2v) is 4.59. The van der Waals surface area contributed by atoms with Gasteiger partial charge in [0.2, 0.25) is 0 Å². The normalized spacial score (nSPS) is 10.3. The van der Waals surface area contributed by atoms with E-state index in [0.29, 0.717) is 16.9 Å². The molecule has 5 heteroatoms. The Labute approximate surface area is 117 Å². The lowest BCUT2D eigenvalue weighted by Gasteiger charge is -2.06. The van der Waals surface area contributed by atoms with Gasteiger partial charge in [-0.15, -0.1) is 0 Å². The molecule has 2 aromatic rings. The lowest BCUT2D eigenvalue weighted by atomic mass is 10.1. The Morgan fingerprint density at radius 2 is 2.05 bits per heavy atom. The fourth-order valence-corrected chi connectivity index (χ4v) is 1.92. The third kappa shape index (κ3) is 2.93. The van der Waals surface area contributed by atoms with Gasteiger partial charge in [-0.05, 0) is 31.5 Å². The van der Waals surface area contributed by atoms with E-state index in [1.807, 2.05) is 6.92 Å². The standard InChI is InChI=1S/C15H17N3O2/c1-4-12-9-14(18(3)17-12)15(20)16-13-7-5-6-11(8-13)10(2)19/h5-9H,4H2,1-3H3,(H,16,20). The highest BCUT2D eigenvalue weighted by Crippen LogP contribution is 2.13. The van der Waals surface area contributed by atoms with E-state index in [1.54, 1.807) is 42.1 Å². The first-order chi connectivity index (χ1) is 9.51. The number of aromatic nitrogens is 2. The Morgan fingerprint density at radius 1 is 1.30 bits per heavy atom. The van der Waals surface area contributed by atoms with Gasteiger partial charge < -0.3 is 5.32 Å². The molecule has 20 heavy (non-hydrogen) atoms. The SMILES string of the molecule is CCc1cc(C(=O)Nc2cccc(C(C)=O)c2)n(C)n1. The van der Waals surface area contributed by atoms with Crippen molar-refractivity contribution in [2.45, 2.75) is 20.3 Å². The summed E-state index contributed by atoms with van der Waals surface area (Å²) in [5.41, 5.74) is 2.54. The van der Waals surface area contributed by atoms with Gasteiger partial charge in [0.05, 0.1) is 5.69 Å². The number of hydrogen-bond acceptors (Lipinski definition) is 3. The molecule has 0 atom stereocenters. The number of nitrogens with zero attached hydrogens (tertiary/aromatic N) is 2. The van der Waals surface area contributed by atoms with Gasteiger partial charge in [0.1, 0.15) is 5.69 Å². The number of amides is 1. The highest BCUT2D eigenvalue weighted by atomic mass is 16.2. The molecule has 0 saturated carbocycles. The number of benzene rings is 1. The molecule has 0 fully saturated rings. The zero-order valence-electron chi connectivity index (χ0n) is 11.8. The Morgan fingerprint density at radius 3 is 2.65 bits per heavy atom. The summed E-state index contributed by atoms with van der Waals surface area (Å²) >= 11 is 0. The van der Waals surface area contributed by atoms with Crippen LogP contribution in [0.2, 0.25) is 0 Å². The van der Waals surface area contributed by atoms with Crippen molar-refractivity contribution in [3.8, 4) is 0 Å². The average molecular weight is 271 g/mol. The lowest BCUT2D eigenvalue weighted by molar-refractivity contribution is 0.100. The number of ketones is 1. The average Bonchev–Trinajstić information content (AvgIpc) is 2.80. The largest absolute Gasteiger partial charge is 0.321 e. The maximum absolute atomic E-state index is 12.2. The van der Waals surface area contributed by atoms with E-state index in [1.165, 1.54) is 6.92 Å². The molecule has 1 amide bonds. The van der Waals surface area contributed by atoms with E-state index < -0.39 is 0 Å². The fraction of sp³-hybridized carbons (Fsp3) is 0.267. The zero-order valence-corrected chi connectivity index (χ0v) is 11.8. The summed E-state index contributed by atoms with van der Waals surface area (Å²) in [5.74, 6) is -0.268. The third-order valence-electron chi connectivity index (χ3n) is 3.05. The topological polar surface area (TPSA) is 64.0 Å². The molecular formula is C15H17N3O2. The van der Waals surface area contributed by atoms with E-state index in [0.717, 1.165) is 12.1 Å². The molecule has 104 valence electrons. The van der Waals surface area contributed by atoms with Crippen molar-refractivity contribution in [3.63, 3.8) is 0 Å². The monoisotopic (exact) mass is 271 g/mol. The van der Waals surface area contributed by atoms with Crippen LogP contribution in [0.1, 0.15) is 40.4 Å². The second-order valence-electron chi connectivity index (χ2n) is 4.59. The first-order valence-corrected chi connectivity index (χ1v) is 6.46. The van der Waals surface area contributed by atoms with E-state index in [9.17, 15) is 9.59 Å². The summed E-state index contributed by atoms with van der Waals surface area (Å²) in [7, 11) is 1.74. The van der Waals surface area contributed by atoms with E-state index >= 15 is 0 Å². The van der Waals surface area contributed by atoms with Crippen LogP contribution in [0.4, 0.5) is 5.69 Å². The van der Waals surface area contributed by atoms with Crippen molar-refractivity contribution < 1.29 is 9.59 Å². The fourth-order valence-electron chi connectivity index (χ4n) is 1.92. The van der Waals surface area contributed by atoms with Crippen LogP contribution >= 0.6 is 0 Å². The van der Waals surface area contributed by atoms with Gasteiger partial charge in [-0.2, -0.15) is 5.10 Å². The molecule has 0 aliphatic heterocycles. The summed E-state index contributed by atoms with van der Waals surface area (Å²) in [6.07, 6.45) is 0.779. The van der Waals surface area contributed by atoms with Crippen LogP contribution in [0.25, 0.3) is 0 Å². The summed E-state index contributed by atoms with van der Waals surface area (Å²) in [6.45, 7) is 3.48. The van der Waals surface area contributed by atoms with Crippen molar-refractivity contribution in [2.24, 2.45) is 7.05 Å². The van der Waals surface area contributed by atoms with Crippen LogP contribution in [0.15, 0.2) is 30.3 Å². The van der Waals surface area contributed by atoms with Crippen LogP contribution in [0, 0.1) is 0 Å². The highest BCUT2D eigenvalue weighted by Gasteiger charge is 2.13. The molecule has 2 rings (SSSR count). The van der Waals surface area contributed by atoms with Crippen LogP contribution in [0.5, 0.6) is 0 Å². The van der Waals surface area contributed by atoms with Gasteiger partial charge in [-0.3, -0.25) is 14.3 Å². The highest BCUT2D eigenvalue weighted by molar-refractivity contribution is 6.04. The number of carbonyl (C=O) groups excluding carboxylic acids is 2. The van der Waals surface area contributed by atoms with Crippen LogP contribution < -0.4 is 5.32 Å². The summed E-state index contributed by atoms with van der Waals surface area (Å²) in [6, 6.07) is 8.65. The quantitative estimate of drug-likeness (QED) is 0.869. The smallest absolute Gasteiger partial charge is 0.273 e. The molecular weight excluding hydrogens is 254 g/mol. The molecule has 0 aliphatic rings. The number of hydrogen-bond donors (Lipinski definition) is 1. The first kappa shape index (κ1) is 14.0. The lowest BCUT2D eigenvalue weighted by Crippen LogP contribution is -2.16. The maximum atomic E-state index is 12.2. The van der Waals surface area contributed by atoms with Crippen molar-refractivity contribution >= 4 is 17.4 Å². The Bertz CT molecular complexity index is 659. The summed E-state index contributed by atoms with van der Waals surface area (Å²) < 4.78 is 1.56. The van der Waals surface area contributed by atoms with E-state index in [-0.39, 0.29) is 11.7 Å². The predicted molar refractivity (Wildman–Crippen MR) is 77.0 cm³/mol. The second kappa shape index (κ2) is 5.69. The number of nitrogens with one attached hydrogen (secondary N) is 1. The van der Waals surface area contributed by atoms with Crippen molar-refractivity contribution in [2.75, 3.05) is 5.32 Å². The predicted octanol–water partition coefficient (Wildman–Crippen LogP) is 2.44. The Balaban J connectivity index is 2.21. The zero-order chi connectivity index (χ0) is 14.7. The van der Waals surface area contributed by atoms with Crippen LogP contribution in [-0.2, 0) is 13.5 Å². The van der Waals surface area contributed by atoms with Crippen LogP contribution in [0.3, 0.4) is 0 Å². The molecule has 1 aromatic carbocycles. The summed E-state index contributed by atoms with van der Waals surface area (Å²) in [5, 5.41) is 7.02. The van der Waals surface area contributed by atoms with Crippen molar-refractivity contribution in [1.82, 2.24) is 9.78 Å². The minimum Gasteiger partial charge on any atom is -0.321 e. The molecule has 1 N–H and O–H groups in total. The molecule has 0 spiro atoms. The van der Waals surface area contributed by atoms with Gasteiger partial charge in [-0.25, -0.2) is 0 Å². The number of Topliss-reactive ketones (excluding diaryl/α,β-unsaturated/α-hetero) is 1. The summed E-state index contributed by atoms with van der Waals surface area (Å²) in [4.78, 5) is 23.5. The first-order valence-electron chi connectivity index (χ1n) is 6.46. The van der Waals surface area contributed by atoms with Gasteiger partial charge in [-0.1, -0.05) is 19.1 Å². The molecule has 0 unspecified atom stereocenters. The third-order valence-corrected chi connectivity index (χ3v) is 3.05. The number of rotatable bonds is 4. The van der Waals surface area contributed by atoms with Gasteiger partial charge >= 0.3 is 0 Å². The molecule has 1 aromatic heterocycles. The molecule has 0 aliphatic carbocycles. The molecule has 0 saturated heterocycles. The van der Waals surface area contributed by atoms with Crippen molar-refractivity contribution in [1.29, 1.82) is 0 Å². The van der Waals surface area contributed by atoms with Gasteiger partial charge in [0.25, 0.3) is 5.91 Å². The number of anilines is 1. The van der Waals surface area contributed by atoms with E-state index in [4.69, 9.17) is 0 Å². The Kier molecular flexibility index (Phi) is 3.98. The minimum absolute atomic E-state index is 0.0325. The number of carbonyl (C=O) groups is 2. The Hall–Kier alpha value is -2.43. The van der Waals surface area contributed by atoms with Crippen molar-refractivity contribution in [3.05, 3.63) is 47.3 Å². The molecule has 5 nitrogen and oxygen atoms in total. The number of aryl methyl sites for hydroxylation is 2.